The Morgan fingerprint density at radius 2 is 1.90 bits per heavy atom. The Hall–Kier alpha value is -2.93. The maximum absolute atomic E-state index is 12.8. The molecule has 0 atom stereocenters. The number of rotatable bonds is 5. The first-order valence-electron chi connectivity index (χ1n) is 9.56. The number of esters is 1. The van der Waals surface area contributed by atoms with Crippen molar-refractivity contribution in [2.75, 3.05) is 12.4 Å². The van der Waals surface area contributed by atoms with Crippen molar-refractivity contribution in [3.8, 4) is 0 Å². The van der Waals surface area contributed by atoms with E-state index in [2.05, 4.69) is 26.1 Å². The van der Waals surface area contributed by atoms with Crippen molar-refractivity contribution in [1.29, 1.82) is 0 Å². The summed E-state index contributed by atoms with van der Waals surface area (Å²) in [5.74, 6) is -1.06. The molecule has 3 aromatic rings. The summed E-state index contributed by atoms with van der Waals surface area (Å²) < 4.78 is 10.4. The predicted molar refractivity (Wildman–Crippen MR) is 118 cm³/mol. The molecule has 7 heteroatoms. The van der Waals surface area contributed by atoms with Gasteiger partial charge >= 0.3 is 5.97 Å². The predicted octanol–water partition coefficient (Wildman–Crippen LogP) is 5.27. The lowest BCUT2D eigenvalue weighted by Crippen LogP contribution is -2.16. The molecule has 2 heterocycles. The van der Waals surface area contributed by atoms with Gasteiger partial charge in [-0.3, -0.25) is 9.59 Å². The van der Waals surface area contributed by atoms with Gasteiger partial charge in [0.15, 0.2) is 5.78 Å². The smallest absolute Gasteiger partial charge is 0.341 e. The lowest BCUT2D eigenvalue weighted by atomic mass is 9.86. The second-order valence-electron chi connectivity index (χ2n) is 8.25. The van der Waals surface area contributed by atoms with Crippen molar-refractivity contribution in [3.63, 3.8) is 0 Å². The molecule has 0 saturated carbocycles. The lowest BCUT2D eigenvalue weighted by molar-refractivity contribution is -0.115. The number of methoxy groups -OCH3 is 1. The molecule has 1 aromatic carbocycles. The molecule has 0 aliphatic rings. The van der Waals surface area contributed by atoms with E-state index in [0.29, 0.717) is 21.0 Å². The molecule has 0 aliphatic carbocycles. The van der Waals surface area contributed by atoms with Crippen LogP contribution in [0, 0.1) is 6.92 Å². The third-order valence-corrected chi connectivity index (χ3v) is 6.29. The Morgan fingerprint density at radius 1 is 1.20 bits per heavy atom. The first-order valence-corrected chi connectivity index (χ1v) is 10.4. The standard InChI is InChI=1S/C23H25NO5S/c1-12-19(22(27)28-6)21(30-20(12)13(2)25)24-18(26)9-14-11-29-17-8-7-15(10-16(14)17)23(3,4)5/h7-8,10-11H,9H2,1-6H3,(H,24,26). The number of amides is 1. The van der Waals surface area contributed by atoms with Gasteiger partial charge in [-0.1, -0.05) is 26.8 Å². The first kappa shape index (κ1) is 21.8. The van der Waals surface area contributed by atoms with Crippen LogP contribution in [0.1, 0.15) is 64.4 Å². The maximum Gasteiger partial charge on any atom is 0.341 e. The van der Waals surface area contributed by atoms with Crippen LogP contribution in [0.2, 0.25) is 0 Å². The SMILES string of the molecule is COC(=O)c1c(NC(=O)Cc2coc3ccc(C(C)(C)C)cc23)sc(C(C)=O)c1C. The van der Waals surface area contributed by atoms with E-state index in [1.807, 2.05) is 18.2 Å². The van der Waals surface area contributed by atoms with Gasteiger partial charge < -0.3 is 14.5 Å². The Morgan fingerprint density at radius 3 is 2.50 bits per heavy atom. The monoisotopic (exact) mass is 427 g/mol. The summed E-state index contributed by atoms with van der Waals surface area (Å²) in [6.45, 7) is 9.48. The zero-order valence-electron chi connectivity index (χ0n) is 18.0. The van der Waals surface area contributed by atoms with Gasteiger partial charge in [0, 0.05) is 10.9 Å². The van der Waals surface area contributed by atoms with Gasteiger partial charge in [-0.25, -0.2) is 4.79 Å². The highest BCUT2D eigenvalue weighted by Gasteiger charge is 2.25. The number of hydrogen-bond acceptors (Lipinski definition) is 6. The minimum Gasteiger partial charge on any atom is -0.465 e. The van der Waals surface area contributed by atoms with E-state index in [1.165, 1.54) is 14.0 Å². The van der Waals surface area contributed by atoms with Crippen molar-refractivity contribution in [1.82, 2.24) is 0 Å². The number of Topliss-reactive ketones (excluding diaryl/α,β-unsaturated/α-hetero) is 1. The molecule has 0 unspecified atom stereocenters. The van der Waals surface area contributed by atoms with Gasteiger partial charge in [0.25, 0.3) is 0 Å². The Kier molecular flexibility index (Phi) is 5.85. The van der Waals surface area contributed by atoms with Crippen molar-refractivity contribution in [2.45, 2.75) is 46.5 Å². The Labute approximate surface area is 179 Å². The van der Waals surface area contributed by atoms with E-state index in [0.717, 1.165) is 27.8 Å². The fourth-order valence-electron chi connectivity index (χ4n) is 3.31. The number of ketones is 1. The zero-order chi connectivity index (χ0) is 22.2. The van der Waals surface area contributed by atoms with Crippen molar-refractivity contribution in [2.24, 2.45) is 0 Å². The Balaban J connectivity index is 1.90. The summed E-state index contributed by atoms with van der Waals surface area (Å²) >= 11 is 1.08. The average molecular weight is 428 g/mol. The number of ether oxygens (including phenoxy) is 1. The summed E-state index contributed by atoms with van der Waals surface area (Å²) in [6.07, 6.45) is 1.66. The quantitative estimate of drug-likeness (QED) is 0.443. The second-order valence-corrected chi connectivity index (χ2v) is 9.28. The molecule has 158 valence electrons. The maximum atomic E-state index is 12.8. The number of fused-ring (bicyclic) bond motifs is 1. The van der Waals surface area contributed by atoms with E-state index in [4.69, 9.17) is 9.15 Å². The van der Waals surface area contributed by atoms with E-state index < -0.39 is 5.97 Å². The van der Waals surface area contributed by atoms with E-state index in [9.17, 15) is 14.4 Å². The van der Waals surface area contributed by atoms with Gasteiger partial charge in [-0.05, 0) is 42.5 Å². The summed E-state index contributed by atoms with van der Waals surface area (Å²) in [5, 5.41) is 3.98. The minimum absolute atomic E-state index is 0.0298. The highest BCUT2D eigenvalue weighted by molar-refractivity contribution is 7.18. The molecular weight excluding hydrogens is 402 g/mol. The highest BCUT2D eigenvalue weighted by Crippen LogP contribution is 2.34. The molecule has 6 nitrogen and oxygen atoms in total. The minimum atomic E-state index is -0.588. The number of anilines is 1. The van der Waals surface area contributed by atoms with Crippen LogP contribution in [0.15, 0.2) is 28.9 Å². The molecule has 0 saturated heterocycles. The molecule has 1 amide bonds. The molecule has 0 spiro atoms. The number of nitrogens with one attached hydrogen (secondary N) is 1. The van der Waals surface area contributed by atoms with Crippen LogP contribution in [-0.4, -0.2) is 24.8 Å². The summed E-state index contributed by atoms with van der Waals surface area (Å²) in [7, 11) is 1.27. The number of furan rings is 1. The van der Waals surface area contributed by atoms with Crippen LogP contribution in [0.25, 0.3) is 11.0 Å². The average Bonchev–Trinajstić information content (AvgIpc) is 3.21. The van der Waals surface area contributed by atoms with Crippen LogP contribution < -0.4 is 5.32 Å². The molecular formula is C23H25NO5S. The number of carbonyl (C=O) groups is 3. The molecule has 0 aliphatic heterocycles. The molecule has 0 radical (unpaired) electrons. The largest absolute Gasteiger partial charge is 0.465 e. The summed E-state index contributed by atoms with van der Waals surface area (Å²) in [6, 6.07) is 5.98. The van der Waals surface area contributed by atoms with Crippen molar-refractivity contribution < 1.29 is 23.5 Å². The third-order valence-electron chi connectivity index (χ3n) is 4.98. The fraction of sp³-hybridized carbons (Fsp3) is 0.348. The van der Waals surface area contributed by atoms with Crippen LogP contribution in [0.5, 0.6) is 0 Å². The fourth-order valence-corrected chi connectivity index (χ4v) is 4.42. The third kappa shape index (κ3) is 4.16. The van der Waals surface area contributed by atoms with Gasteiger partial charge in [0.05, 0.1) is 30.2 Å². The Bertz CT molecular complexity index is 1150. The lowest BCUT2D eigenvalue weighted by Gasteiger charge is -2.18. The summed E-state index contributed by atoms with van der Waals surface area (Å²) in [5.41, 5.74) is 3.32. The molecule has 1 N–H and O–H groups in total. The normalized spacial score (nSPS) is 11.5. The van der Waals surface area contributed by atoms with Crippen LogP contribution in [0.4, 0.5) is 5.00 Å². The van der Waals surface area contributed by atoms with E-state index in [1.54, 1.807) is 13.2 Å². The van der Waals surface area contributed by atoms with Crippen LogP contribution in [-0.2, 0) is 21.4 Å². The van der Waals surface area contributed by atoms with Gasteiger partial charge in [0.2, 0.25) is 5.91 Å². The van der Waals surface area contributed by atoms with Crippen molar-refractivity contribution in [3.05, 3.63) is 51.6 Å². The topological polar surface area (TPSA) is 85.6 Å². The van der Waals surface area contributed by atoms with Crippen LogP contribution in [0.3, 0.4) is 0 Å². The summed E-state index contributed by atoms with van der Waals surface area (Å²) in [4.78, 5) is 37.3. The van der Waals surface area contributed by atoms with Crippen LogP contribution >= 0.6 is 11.3 Å². The molecule has 0 bridgehead atoms. The highest BCUT2D eigenvalue weighted by atomic mass is 32.1. The van der Waals surface area contributed by atoms with Crippen molar-refractivity contribution >= 4 is 45.0 Å². The van der Waals surface area contributed by atoms with Gasteiger partial charge in [0.1, 0.15) is 10.6 Å². The number of thiophene rings is 1. The first-order chi connectivity index (χ1) is 14.0. The van der Waals surface area contributed by atoms with E-state index in [-0.39, 0.29) is 29.1 Å². The second kappa shape index (κ2) is 8.07. The van der Waals surface area contributed by atoms with Gasteiger partial charge in [-0.15, -0.1) is 11.3 Å². The number of benzene rings is 1. The molecule has 3 rings (SSSR count). The number of hydrogen-bond donors (Lipinski definition) is 1. The number of carbonyl (C=O) groups excluding carboxylic acids is 3. The van der Waals surface area contributed by atoms with E-state index >= 15 is 0 Å². The molecule has 0 fully saturated rings. The molecule has 30 heavy (non-hydrogen) atoms. The van der Waals surface area contributed by atoms with Gasteiger partial charge in [-0.2, -0.15) is 0 Å². The zero-order valence-corrected chi connectivity index (χ0v) is 18.8. The molecule has 2 aromatic heterocycles.